The van der Waals surface area contributed by atoms with Crippen molar-refractivity contribution in [1.29, 1.82) is 0 Å². The van der Waals surface area contributed by atoms with Crippen molar-refractivity contribution < 1.29 is 9.53 Å². The molecule has 0 aliphatic heterocycles. The van der Waals surface area contributed by atoms with Crippen molar-refractivity contribution in [2.24, 2.45) is 11.7 Å². The van der Waals surface area contributed by atoms with Crippen LogP contribution in [0, 0.1) is 5.92 Å². The van der Waals surface area contributed by atoms with E-state index in [4.69, 9.17) is 5.73 Å². The molecule has 0 spiro atoms. The first-order chi connectivity index (χ1) is 7.70. The predicted molar refractivity (Wildman–Crippen MR) is 69.3 cm³/mol. The minimum atomic E-state index is -0.305. The number of hydrogen-bond acceptors (Lipinski definition) is 3. The normalized spacial score (nSPS) is 15.9. The number of esters is 1. The molecule has 1 aliphatic carbocycles. The van der Waals surface area contributed by atoms with Crippen LogP contribution in [0.5, 0.6) is 0 Å². The van der Waals surface area contributed by atoms with Gasteiger partial charge in [0.2, 0.25) is 0 Å². The van der Waals surface area contributed by atoms with Gasteiger partial charge in [-0.05, 0) is 30.0 Å². The van der Waals surface area contributed by atoms with Crippen LogP contribution < -0.4 is 5.73 Å². The van der Waals surface area contributed by atoms with Gasteiger partial charge in [0.05, 0.1) is 12.7 Å². The van der Waals surface area contributed by atoms with Gasteiger partial charge in [-0.25, -0.2) is 4.79 Å². The van der Waals surface area contributed by atoms with E-state index >= 15 is 0 Å². The van der Waals surface area contributed by atoms with Crippen LogP contribution in [0.3, 0.4) is 0 Å². The lowest BCUT2D eigenvalue weighted by atomic mass is 10.00. The Labute approximate surface area is 108 Å². The molecule has 0 saturated heterocycles. The second kappa shape index (κ2) is 6.03. The maximum absolute atomic E-state index is 11.4. The Kier molecular flexibility index (Phi) is 4.97. The van der Waals surface area contributed by atoms with E-state index in [0.29, 0.717) is 5.56 Å². The van der Waals surface area contributed by atoms with E-state index in [0.717, 1.165) is 17.9 Å². The van der Waals surface area contributed by atoms with Crippen LogP contribution in [0.25, 0.3) is 0 Å². The molecule has 0 amide bonds. The Morgan fingerprint density at radius 2 is 2.24 bits per heavy atom. The van der Waals surface area contributed by atoms with Gasteiger partial charge in [0.1, 0.15) is 0 Å². The number of hydrogen-bond donors (Lipinski definition) is 1. The molecule has 1 aromatic rings. The highest BCUT2D eigenvalue weighted by atomic mass is 35.5. The number of carbonyl (C=O) groups excluding carboxylic acids is 1. The molecule has 0 aromatic heterocycles. The quantitative estimate of drug-likeness (QED) is 0.842. The standard InChI is InChI=1S/C13H17NO2.ClH/c1-16-13(15)11-4-2-3-10(8-11)12(14)7-9-5-6-9;/h2-4,8-9,12H,5-7,14H2,1H3;1H/t12-;/m1./s1. The van der Waals surface area contributed by atoms with E-state index in [1.165, 1.54) is 20.0 Å². The summed E-state index contributed by atoms with van der Waals surface area (Å²) in [5.41, 5.74) is 7.69. The Hall–Kier alpha value is -1.06. The minimum Gasteiger partial charge on any atom is -0.465 e. The van der Waals surface area contributed by atoms with Crippen molar-refractivity contribution in [3.05, 3.63) is 35.4 Å². The lowest BCUT2D eigenvalue weighted by Crippen LogP contribution is -2.12. The number of carbonyl (C=O) groups is 1. The van der Waals surface area contributed by atoms with Gasteiger partial charge in [-0.15, -0.1) is 12.4 Å². The molecule has 2 rings (SSSR count). The third-order valence-electron chi connectivity index (χ3n) is 3.02. The molecule has 0 radical (unpaired) electrons. The summed E-state index contributed by atoms with van der Waals surface area (Å²) in [7, 11) is 1.39. The first-order valence-electron chi connectivity index (χ1n) is 5.64. The van der Waals surface area contributed by atoms with Gasteiger partial charge in [-0.1, -0.05) is 25.0 Å². The topological polar surface area (TPSA) is 52.3 Å². The zero-order chi connectivity index (χ0) is 11.5. The molecule has 4 heteroatoms. The number of benzene rings is 1. The van der Waals surface area contributed by atoms with Gasteiger partial charge in [0.25, 0.3) is 0 Å². The third kappa shape index (κ3) is 3.72. The van der Waals surface area contributed by atoms with Crippen LogP contribution in [-0.2, 0) is 4.74 Å². The maximum Gasteiger partial charge on any atom is 0.337 e. The average molecular weight is 256 g/mol. The van der Waals surface area contributed by atoms with Crippen LogP contribution in [0.15, 0.2) is 24.3 Å². The highest BCUT2D eigenvalue weighted by Crippen LogP contribution is 2.36. The Morgan fingerprint density at radius 3 is 2.82 bits per heavy atom. The summed E-state index contributed by atoms with van der Waals surface area (Å²) in [6, 6.07) is 7.45. The molecule has 0 heterocycles. The minimum absolute atomic E-state index is 0. The number of rotatable bonds is 4. The van der Waals surface area contributed by atoms with E-state index in [1.807, 2.05) is 18.2 Å². The summed E-state index contributed by atoms with van der Waals surface area (Å²) in [5.74, 6) is 0.484. The molecule has 17 heavy (non-hydrogen) atoms. The molecule has 0 bridgehead atoms. The molecule has 2 N–H and O–H groups in total. The van der Waals surface area contributed by atoms with Crippen LogP contribution in [0.1, 0.15) is 41.2 Å². The zero-order valence-corrected chi connectivity index (χ0v) is 10.7. The number of nitrogens with two attached hydrogens (primary N) is 1. The van der Waals surface area contributed by atoms with Gasteiger partial charge in [-0.3, -0.25) is 0 Å². The summed E-state index contributed by atoms with van der Waals surface area (Å²) in [6.07, 6.45) is 3.61. The van der Waals surface area contributed by atoms with Crippen molar-refractivity contribution in [3.63, 3.8) is 0 Å². The van der Waals surface area contributed by atoms with Crippen molar-refractivity contribution in [1.82, 2.24) is 0 Å². The summed E-state index contributed by atoms with van der Waals surface area (Å²) < 4.78 is 4.68. The van der Waals surface area contributed by atoms with Gasteiger partial charge in [0.15, 0.2) is 0 Å². The SMILES string of the molecule is COC(=O)c1cccc([C@H](N)CC2CC2)c1.Cl. The number of ether oxygens (including phenoxy) is 1. The Bertz CT molecular complexity index is 391. The van der Waals surface area contributed by atoms with E-state index < -0.39 is 0 Å². The van der Waals surface area contributed by atoms with Gasteiger partial charge >= 0.3 is 5.97 Å². The van der Waals surface area contributed by atoms with Crippen LogP contribution >= 0.6 is 12.4 Å². The van der Waals surface area contributed by atoms with Crippen molar-refractivity contribution in [2.75, 3.05) is 7.11 Å². The van der Waals surface area contributed by atoms with E-state index in [-0.39, 0.29) is 24.4 Å². The molecule has 94 valence electrons. The predicted octanol–water partition coefficient (Wildman–Crippen LogP) is 2.69. The van der Waals surface area contributed by atoms with Crippen molar-refractivity contribution >= 4 is 18.4 Å². The molecule has 1 aromatic carbocycles. The molecular formula is C13H18ClNO2. The fourth-order valence-electron chi connectivity index (χ4n) is 1.86. The van der Waals surface area contributed by atoms with E-state index in [1.54, 1.807) is 6.07 Å². The molecule has 1 fully saturated rings. The molecule has 0 unspecified atom stereocenters. The van der Waals surface area contributed by atoms with Gasteiger partial charge in [0, 0.05) is 6.04 Å². The summed E-state index contributed by atoms with van der Waals surface area (Å²) >= 11 is 0. The van der Waals surface area contributed by atoms with Crippen LogP contribution in [0.2, 0.25) is 0 Å². The second-order valence-corrected chi connectivity index (χ2v) is 4.40. The Balaban J connectivity index is 0.00000144. The number of methoxy groups -OCH3 is 1. The Morgan fingerprint density at radius 1 is 1.53 bits per heavy atom. The van der Waals surface area contributed by atoms with Crippen molar-refractivity contribution in [2.45, 2.75) is 25.3 Å². The van der Waals surface area contributed by atoms with Gasteiger partial charge < -0.3 is 10.5 Å². The monoisotopic (exact) mass is 255 g/mol. The van der Waals surface area contributed by atoms with E-state index in [9.17, 15) is 4.79 Å². The smallest absolute Gasteiger partial charge is 0.337 e. The van der Waals surface area contributed by atoms with E-state index in [2.05, 4.69) is 4.74 Å². The lowest BCUT2D eigenvalue weighted by molar-refractivity contribution is 0.0600. The molecule has 1 saturated carbocycles. The lowest BCUT2D eigenvalue weighted by Gasteiger charge is -2.12. The highest BCUT2D eigenvalue weighted by molar-refractivity contribution is 5.89. The first kappa shape index (κ1) is 14.0. The fourth-order valence-corrected chi connectivity index (χ4v) is 1.86. The molecule has 3 nitrogen and oxygen atoms in total. The average Bonchev–Trinajstić information content (AvgIpc) is 3.12. The summed E-state index contributed by atoms with van der Waals surface area (Å²) in [5, 5.41) is 0. The largest absolute Gasteiger partial charge is 0.465 e. The first-order valence-corrected chi connectivity index (χ1v) is 5.64. The van der Waals surface area contributed by atoms with Gasteiger partial charge in [-0.2, -0.15) is 0 Å². The maximum atomic E-state index is 11.4. The van der Waals surface area contributed by atoms with Crippen LogP contribution in [-0.4, -0.2) is 13.1 Å². The van der Waals surface area contributed by atoms with Crippen LogP contribution in [0.4, 0.5) is 0 Å². The number of halogens is 1. The second-order valence-electron chi connectivity index (χ2n) is 4.40. The molecule has 1 aliphatic rings. The highest BCUT2D eigenvalue weighted by Gasteiger charge is 2.24. The third-order valence-corrected chi connectivity index (χ3v) is 3.02. The molecule has 1 atom stereocenters. The fraction of sp³-hybridized carbons (Fsp3) is 0.462. The summed E-state index contributed by atoms with van der Waals surface area (Å²) in [6.45, 7) is 0. The summed E-state index contributed by atoms with van der Waals surface area (Å²) in [4.78, 5) is 11.4. The molecular weight excluding hydrogens is 238 g/mol. The zero-order valence-electron chi connectivity index (χ0n) is 9.89. The van der Waals surface area contributed by atoms with Crippen molar-refractivity contribution in [3.8, 4) is 0 Å².